The van der Waals surface area contributed by atoms with Crippen LogP contribution in [-0.4, -0.2) is 44.3 Å². The summed E-state index contributed by atoms with van der Waals surface area (Å²) in [6, 6.07) is 7.60. The van der Waals surface area contributed by atoms with Gasteiger partial charge in [0.25, 0.3) is 0 Å². The van der Waals surface area contributed by atoms with E-state index in [1.54, 1.807) is 6.21 Å². The monoisotopic (exact) mass is 263 g/mol. The lowest BCUT2D eigenvalue weighted by Gasteiger charge is -2.10. The maximum atomic E-state index is 5.65. The van der Waals surface area contributed by atoms with Gasteiger partial charge >= 0.3 is 0 Å². The third-order valence-corrected chi connectivity index (χ3v) is 2.26. The maximum absolute atomic E-state index is 5.65. The molecular formula is C13H21N5O. The highest BCUT2D eigenvalue weighted by molar-refractivity contribution is 5.81. The first kappa shape index (κ1) is 15.0. The van der Waals surface area contributed by atoms with Crippen molar-refractivity contribution in [3.63, 3.8) is 0 Å². The van der Waals surface area contributed by atoms with Gasteiger partial charge in [0.15, 0.2) is 0 Å². The van der Waals surface area contributed by atoms with Crippen molar-refractivity contribution in [3.05, 3.63) is 29.8 Å². The molecule has 0 saturated carbocycles. The van der Waals surface area contributed by atoms with Gasteiger partial charge < -0.3 is 21.1 Å². The summed E-state index contributed by atoms with van der Waals surface area (Å²) in [5.41, 5.74) is 11.2. The van der Waals surface area contributed by atoms with Crippen molar-refractivity contribution < 1.29 is 4.74 Å². The van der Waals surface area contributed by atoms with Crippen molar-refractivity contribution in [2.24, 2.45) is 21.7 Å². The number of hydrogen-bond donors (Lipinski definition) is 2. The van der Waals surface area contributed by atoms with E-state index in [4.69, 9.17) is 16.2 Å². The Hall–Kier alpha value is -2.08. The van der Waals surface area contributed by atoms with E-state index < -0.39 is 0 Å². The SMILES string of the molecule is CN(C)CCCOc1cccc(C=NN=C(N)N)c1. The lowest BCUT2D eigenvalue weighted by atomic mass is 10.2. The van der Waals surface area contributed by atoms with Crippen LogP contribution in [0.25, 0.3) is 0 Å². The molecule has 0 aliphatic heterocycles. The molecule has 0 saturated heterocycles. The molecule has 19 heavy (non-hydrogen) atoms. The van der Waals surface area contributed by atoms with Gasteiger partial charge in [-0.25, -0.2) is 0 Å². The van der Waals surface area contributed by atoms with E-state index in [0.717, 1.165) is 24.3 Å². The topological polar surface area (TPSA) is 89.2 Å². The molecular weight excluding hydrogens is 242 g/mol. The van der Waals surface area contributed by atoms with Crippen molar-refractivity contribution in [3.8, 4) is 5.75 Å². The van der Waals surface area contributed by atoms with Crippen LogP contribution in [0, 0.1) is 0 Å². The Kier molecular flexibility index (Phi) is 6.38. The van der Waals surface area contributed by atoms with E-state index in [1.165, 1.54) is 0 Å². The summed E-state index contributed by atoms with van der Waals surface area (Å²) < 4.78 is 5.65. The Bertz CT molecular complexity index is 438. The fourth-order valence-corrected chi connectivity index (χ4v) is 1.42. The predicted octanol–water partition coefficient (Wildman–Crippen LogP) is 0.624. The molecule has 0 fully saturated rings. The standard InChI is InChI=1S/C13H21N5O/c1-18(2)7-4-8-19-12-6-3-5-11(9-12)10-16-17-13(14)15/h3,5-6,9-10H,4,7-8H2,1-2H3,(H4,14,15,17). The van der Waals surface area contributed by atoms with Crippen LogP contribution in [0.5, 0.6) is 5.75 Å². The van der Waals surface area contributed by atoms with Crippen LogP contribution in [0.3, 0.4) is 0 Å². The summed E-state index contributed by atoms with van der Waals surface area (Å²) in [6.45, 7) is 1.69. The van der Waals surface area contributed by atoms with E-state index in [9.17, 15) is 0 Å². The number of ether oxygens (including phenoxy) is 1. The Labute approximate surface area is 113 Å². The van der Waals surface area contributed by atoms with Gasteiger partial charge in [-0.2, -0.15) is 5.10 Å². The number of rotatable bonds is 7. The minimum Gasteiger partial charge on any atom is -0.494 e. The summed E-state index contributed by atoms with van der Waals surface area (Å²) in [5.74, 6) is 0.750. The summed E-state index contributed by atoms with van der Waals surface area (Å²) in [6.07, 6.45) is 2.56. The fraction of sp³-hybridized carbons (Fsp3) is 0.385. The first-order valence-electron chi connectivity index (χ1n) is 6.07. The zero-order valence-corrected chi connectivity index (χ0v) is 11.4. The summed E-state index contributed by atoms with van der Waals surface area (Å²) in [7, 11) is 4.08. The average molecular weight is 263 g/mol. The second kappa shape index (κ2) is 8.10. The van der Waals surface area contributed by atoms with Crippen LogP contribution in [0.1, 0.15) is 12.0 Å². The lowest BCUT2D eigenvalue weighted by molar-refractivity contribution is 0.281. The Morgan fingerprint density at radius 2 is 2.16 bits per heavy atom. The van der Waals surface area contributed by atoms with Gasteiger partial charge in [-0.1, -0.05) is 12.1 Å². The summed E-state index contributed by atoms with van der Waals surface area (Å²) in [4.78, 5) is 2.13. The van der Waals surface area contributed by atoms with Gasteiger partial charge in [-0.15, -0.1) is 5.10 Å². The van der Waals surface area contributed by atoms with Crippen molar-refractivity contribution in [2.45, 2.75) is 6.42 Å². The van der Waals surface area contributed by atoms with E-state index in [-0.39, 0.29) is 5.96 Å². The molecule has 0 aliphatic rings. The van der Waals surface area contributed by atoms with Crippen molar-refractivity contribution in [1.82, 2.24) is 4.90 Å². The molecule has 4 N–H and O–H groups in total. The molecule has 1 aromatic rings. The predicted molar refractivity (Wildman–Crippen MR) is 78.5 cm³/mol. The largest absolute Gasteiger partial charge is 0.494 e. The molecule has 0 heterocycles. The normalized spacial score (nSPS) is 10.9. The third kappa shape index (κ3) is 7.05. The lowest BCUT2D eigenvalue weighted by Crippen LogP contribution is -2.21. The molecule has 0 aliphatic carbocycles. The highest BCUT2D eigenvalue weighted by atomic mass is 16.5. The van der Waals surface area contributed by atoms with Gasteiger partial charge in [0.2, 0.25) is 5.96 Å². The maximum Gasteiger partial charge on any atom is 0.211 e. The second-order valence-corrected chi connectivity index (χ2v) is 4.35. The van der Waals surface area contributed by atoms with E-state index in [0.29, 0.717) is 6.61 Å². The number of hydrogen-bond acceptors (Lipinski definition) is 4. The van der Waals surface area contributed by atoms with E-state index in [1.807, 2.05) is 38.4 Å². The van der Waals surface area contributed by atoms with Gasteiger partial charge in [0.1, 0.15) is 5.75 Å². The molecule has 6 heteroatoms. The number of nitrogens with two attached hydrogens (primary N) is 2. The molecule has 1 rings (SSSR count). The third-order valence-electron chi connectivity index (χ3n) is 2.26. The molecule has 0 unspecified atom stereocenters. The van der Waals surface area contributed by atoms with Crippen molar-refractivity contribution >= 4 is 12.2 Å². The van der Waals surface area contributed by atoms with Gasteiger partial charge in [-0.05, 0) is 38.2 Å². The first-order chi connectivity index (χ1) is 9.08. The van der Waals surface area contributed by atoms with Gasteiger partial charge in [-0.3, -0.25) is 0 Å². The van der Waals surface area contributed by atoms with Crippen LogP contribution >= 0.6 is 0 Å². The molecule has 1 aromatic carbocycles. The Morgan fingerprint density at radius 3 is 2.84 bits per heavy atom. The summed E-state index contributed by atoms with van der Waals surface area (Å²) in [5, 5.41) is 7.29. The molecule has 0 aromatic heterocycles. The smallest absolute Gasteiger partial charge is 0.211 e. The number of benzene rings is 1. The quantitative estimate of drug-likeness (QED) is 0.327. The van der Waals surface area contributed by atoms with Crippen LogP contribution in [0.4, 0.5) is 0 Å². The zero-order valence-electron chi connectivity index (χ0n) is 11.4. The summed E-state index contributed by atoms with van der Waals surface area (Å²) >= 11 is 0. The molecule has 0 radical (unpaired) electrons. The fourth-order valence-electron chi connectivity index (χ4n) is 1.42. The van der Waals surface area contributed by atoms with Crippen LogP contribution in [0.2, 0.25) is 0 Å². The molecule has 0 amide bonds. The highest BCUT2D eigenvalue weighted by Crippen LogP contribution is 2.12. The minimum atomic E-state index is -0.0626. The van der Waals surface area contributed by atoms with Crippen molar-refractivity contribution in [1.29, 1.82) is 0 Å². The molecule has 0 atom stereocenters. The number of nitrogens with zero attached hydrogens (tertiary/aromatic N) is 3. The molecule has 0 bridgehead atoms. The minimum absolute atomic E-state index is 0.0626. The van der Waals surface area contributed by atoms with Crippen LogP contribution in [0.15, 0.2) is 34.5 Å². The Balaban J connectivity index is 2.48. The van der Waals surface area contributed by atoms with Crippen LogP contribution < -0.4 is 16.2 Å². The van der Waals surface area contributed by atoms with Crippen molar-refractivity contribution in [2.75, 3.05) is 27.2 Å². The first-order valence-corrected chi connectivity index (χ1v) is 6.07. The highest BCUT2D eigenvalue weighted by Gasteiger charge is 1.96. The molecule has 6 nitrogen and oxygen atoms in total. The molecule has 104 valence electrons. The van der Waals surface area contributed by atoms with Gasteiger partial charge in [0, 0.05) is 6.54 Å². The second-order valence-electron chi connectivity index (χ2n) is 4.35. The van der Waals surface area contributed by atoms with Gasteiger partial charge in [0.05, 0.1) is 12.8 Å². The van der Waals surface area contributed by atoms with E-state index >= 15 is 0 Å². The number of guanidine groups is 1. The zero-order chi connectivity index (χ0) is 14.1. The average Bonchev–Trinajstić information content (AvgIpc) is 2.34. The van der Waals surface area contributed by atoms with E-state index in [2.05, 4.69) is 15.1 Å². The molecule has 0 spiro atoms. The van der Waals surface area contributed by atoms with Crippen LogP contribution in [-0.2, 0) is 0 Å². The Morgan fingerprint density at radius 1 is 1.37 bits per heavy atom.